The molecule has 0 saturated carbocycles. The highest BCUT2D eigenvalue weighted by molar-refractivity contribution is 7.84. The summed E-state index contributed by atoms with van der Waals surface area (Å²) in [5.74, 6) is 0.124. The Kier molecular flexibility index (Phi) is 3.40. The molecule has 0 bridgehead atoms. The summed E-state index contributed by atoms with van der Waals surface area (Å²) in [6, 6.07) is 14.1. The molecular formula is C16H14FNOS. The first-order valence-electron chi connectivity index (χ1n) is 6.32. The monoisotopic (exact) mass is 287 g/mol. The van der Waals surface area contributed by atoms with Crippen LogP contribution in [0.3, 0.4) is 0 Å². The number of para-hydroxylation sites is 1. The summed E-state index contributed by atoms with van der Waals surface area (Å²) in [6.07, 6.45) is 1.91. The highest BCUT2D eigenvalue weighted by atomic mass is 32.2. The van der Waals surface area contributed by atoms with E-state index in [0.29, 0.717) is 5.75 Å². The van der Waals surface area contributed by atoms with E-state index in [1.165, 1.54) is 12.1 Å². The van der Waals surface area contributed by atoms with Crippen LogP contribution < -0.4 is 0 Å². The fourth-order valence-corrected chi connectivity index (χ4v) is 3.64. The van der Waals surface area contributed by atoms with Crippen molar-refractivity contribution >= 4 is 21.7 Å². The molecule has 4 heteroatoms. The van der Waals surface area contributed by atoms with Crippen molar-refractivity contribution in [1.29, 1.82) is 0 Å². The van der Waals surface area contributed by atoms with Gasteiger partial charge in [0.25, 0.3) is 0 Å². The Morgan fingerprint density at radius 2 is 1.80 bits per heavy atom. The smallest absolute Gasteiger partial charge is 0.123 e. The molecule has 0 saturated heterocycles. The second kappa shape index (κ2) is 5.21. The normalized spacial score (nSPS) is 12.7. The van der Waals surface area contributed by atoms with Crippen molar-refractivity contribution in [1.82, 2.24) is 4.57 Å². The van der Waals surface area contributed by atoms with Gasteiger partial charge in [-0.1, -0.05) is 30.3 Å². The Morgan fingerprint density at radius 3 is 2.55 bits per heavy atom. The molecule has 1 unspecified atom stereocenters. The van der Waals surface area contributed by atoms with Gasteiger partial charge in [-0.15, -0.1) is 0 Å². The van der Waals surface area contributed by atoms with Crippen LogP contribution in [-0.4, -0.2) is 8.78 Å². The van der Waals surface area contributed by atoms with E-state index in [0.717, 1.165) is 21.4 Å². The van der Waals surface area contributed by atoms with Gasteiger partial charge in [0.1, 0.15) is 5.82 Å². The van der Waals surface area contributed by atoms with Crippen LogP contribution in [0.15, 0.2) is 59.6 Å². The minimum atomic E-state index is -1.14. The summed E-state index contributed by atoms with van der Waals surface area (Å²) in [6.45, 7) is 0. The van der Waals surface area contributed by atoms with E-state index in [2.05, 4.69) is 0 Å². The lowest BCUT2D eigenvalue weighted by molar-refractivity contribution is 0.627. The van der Waals surface area contributed by atoms with Crippen LogP contribution in [0, 0.1) is 5.82 Å². The molecule has 102 valence electrons. The SMILES string of the molecule is Cn1cc(S(=O)Cc2ccc(F)cc2)c2ccccc21. The van der Waals surface area contributed by atoms with E-state index in [1.807, 2.05) is 42.1 Å². The van der Waals surface area contributed by atoms with Gasteiger partial charge in [0.05, 0.1) is 21.4 Å². The number of aryl methyl sites for hydroxylation is 1. The number of rotatable bonds is 3. The van der Waals surface area contributed by atoms with Gasteiger partial charge in [-0.05, 0) is 23.8 Å². The van der Waals surface area contributed by atoms with Gasteiger partial charge in [-0.3, -0.25) is 4.21 Å². The van der Waals surface area contributed by atoms with Crippen molar-refractivity contribution < 1.29 is 8.60 Å². The summed E-state index contributed by atoms with van der Waals surface area (Å²) in [7, 11) is 0.807. The van der Waals surface area contributed by atoms with E-state index in [-0.39, 0.29) is 5.82 Å². The molecule has 0 N–H and O–H groups in total. The lowest BCUT2D eigenvalue weighted by Crippen LogP contribution is -1.96. The number of fused-ring (bicyclic) bond motifs is 1. The summed E-state index contributed by atoms with van der Waals surface area (Å²) in [4.78, 5) is 0.826. The Hall–Kier alpha value is -1.94. The molecule has 0 fully saturated rings. The second-order valence-electron chi connectivity index (χ2n) is 4.74. The first kappa shape index (κ1) is 13.1. The van der Waals surface area contributed by atoms with Crippen LogP contribution in [0.4, 0.5) is 4.39 Å². The maximum atomic E-state index is 12.9. The van der Waals surface area contributed by atoms with Crippen LogP contribution in [0.1, 0.15) is 5.56 Å². The Labute approximate surface area is 119 Å². The number of nitrogens with zero attached hydrogens (tertiary/aromatic N) is 1. The van der Waals surface area contributed by atoms with Crippen molar-refractivity contribution in [3.05, 3.63) is 66.1 Å². The molecule has 0 spiro atoms. The first-order valence-corrected chi connectivity index (χ1v) is 7.64. The minimum Gasteiger partial charge on any atom is -0.349 e. The summed E-state index contributed by atoms with van der Waals surface area (Å²) in [5, 5.41) is 1.01. The molecule has 2 nitrogen and oxygen atoms in total. The third-order valence-electron chi connectivity index (χ3n) is 3.32. The van der Waals surface area contributed by atoms with Gasteiger partial charge in [0.2, 0.25) is 0 Å². The van der Waals surface area contributed by atoms with Gasteiger partial charge in [-0.25, -0.2) is 4.39 Å². The number of aromatic nitrogens is 1. The van der Waals surface area contributed by atoms with E-state index in [4.69, 9.17) is 0 Å². The standard InChI is InChI=1S/C16H14FNOS/c1-18-10-16(14-4-2-3-5-15(14)18)20(19)11-12-6-8-13(17)9-7-12/h2-10H,11H2,1H3. The molecular weight excluding hydrogens is 273 g/mol. The third-order valence-corrected chi connectivity index (χ3v) is 4.73. The summed E-state index contributed by atoms with van der Waals surface area (Å²) < 4.78 is 27.4. The maximum absolute atomic E-state index is 12.9. The minimum absolute atomic E-state index is 0.273. The largest absolute Gasteiger partial charge is 0.349 e. The highest BCUT2D eigenvalue weighted by Crippen LogP contribution is 2.24. The fourth-order valence-electron chi connectivity index (χ4n) is 2.30. The maximum Gasteiger partial charge on any atom is 0.123 e. The van der Waals surface area contributed by atoms with Crippen molar-refractivity contribution in [2.75, 3.05) is 0 Å². The zero-order valence-corrected chi connectivity index (χ0v) is 11.9. The first-order chi connectivity index (χ1) is 9.65. The Balaban J connectivity index is 1.95. The van der Waals surface area contributed by atoms with Crippen LogP contribution >= 0.6 is 0 Å². The number of hydrogen-bond donors (Lipinski definition) is 0. The second-order valence-corrected chi connectivity index (χ2v) is 6.16. The van der Waals surface area contributed by atoms with Crippen LogP contribution in [0.2, 0.25) is 0 Å². The molecule has 0 amide bonds. The summed E-state index contributed by atoms with van der Waals surface area (Å²) >= 11 is 0. The average Bonchev–Trinajstić information content (AvgIpc) is 2.79. The van der Waals surface area contributed by atoms with Gasteiger partial charge in [-0.2, -0.15) is 0 Å². The van der Waals surface area contributed by atoms with Gasteiger partial charge in [0.15, 0.2) is 0 Å². The molecule has 0 aliphatic rings. The molecule has 0 radical (unpaired) electrons. The topological polar surface area (TPSA) is 22.0 Å². The number of halogens is 1. The number of benzene rings is 2. The van der Waals surface area contributed by atoms with E-state index >= 15 is 0 Å². The van der Waals surface area contributed by atoms with E-state index < -0.39 is 10.8 Å². The van der Waals surface area contributed by atoms with Crippen molar-refractivity contribution in [2.24, 2.45) is 7.05 Å². The van der Waals surface area contributed by atoms with Gasteiger partial charge < -0.3 is 4.57 Å². The van der Waals surface area contributed by atoms with Crippen LogP contribution in [0.5, 0.6) is 0 Å². The predicted molar refractivity (Wildman–Crippen MR) is 79.4 cm³/mol. The van der Waals surface area contributed by atoms with Crippen LogP contribution in [-0.2, 0) is 23.6 Å². The molecule has 0 aliphatic carbocycles. The Bertz CT molecular complexity index is 777. The zero-order chi connectivity index (χ0) is 14.1. The molecule has 1 heterocycles. The predicted octanol–water partition coefficient (Wildman–Crippen LogP) is 3.63. The third kappa shape index (κ3) is 2.39. The number of hydrogen-bond acceptors (Lipinski definition) is 1. The zero-order valence-electron chi connectivity index (χ0n) is 11.0. The van der Waals surface area contributed by atoms with E-state index in [9.17, 15) is 8.60 Å². The van der Waals surface area contributed by atoms with Gasteiger partial charge in [0, 0.05) is 24.1 Å². The molecule has 1 atom stereocenters. The van der Waals surface area contributed by atoms with Crippen molar-refractivity contribution in [3.63, 3.8) is 0 Å². The lowest BCUT2D eigenvalue weighted by atomic mass is 10.2. The molecule has 1 aromatic heterocycles. The highest BCUT2D eigenvalue weighted by Gasteiger charge is 2.12. The van der Waals surface area contributed by atoms with E-state index in [1.54, 1.807) is 12.1 Å². The quantitative estimate of drug-likeness (QED) is 0.721. The molecule has 3 rings (SSSR count). The van der Waals surface area contributed by atoms with Crippen molar-refractivity contribution in [2.45, 2.75) is 10.6 Å². The molecule has 2 aromatic carbocycles. The van der Waals surface area contributed by atoms with Gasteiger partial charge >= 0.3 is 0 Å². The molecule has 3 aromatic rings. The lowest BCUT2D eigenvalue weighted by Gasteiger charge is -2.01. The molecule has 20 heavy (non-hydrogen) atoms. The average molecular weight is 287 g/mol. The molecule has 0 aliphatic heterocycles. The summed E-state index contributed by atoms with van der Waals surface area (Å²) in [5.41, 5.74) is 1.94. The van der Waals surface area contributed by atoms with Crippen molar-refractivity contribution in [3.8, 4) is 0 Å². The fraction of sp³-hybridized carbons (Fsp3) is 0.125. The Morgan fingerprint density at radius 1 is 1.10 bits per heavy atom. The van der Waals surface area contributed by atoms with Crippen LogP contribution in [0.25, 0.3) is 10.9 Å².